The quantitative estimate of drug-likeness (QED) is 0.664. The van der Waals surface area contributed by atoms with Crippen molar-refractivity contribution in [2.45, 2.75) is 37.8 Å². The molecule has 1 N–H and O–H groups in total. The van der Waals surface area contributed by atoms with Gasteiger partial charge < -0.3 is 4.98 Å². The highest BCUT2D eigenvalue weighted by Gasteiger charge is 2.30. The summed E-state index contributed by atoms with van der Waals surface area (Å²) in [6, 6.07) is 11.4. The summed E-state index contributed by atoms with van der Waals surface area (Å²) in [5, 5.41) is 0. The monoisotopic (exact) mass is 330 g/mol. The minimum absolute atomic E-state index is 0.0219. The first-order valence-electron chi connectivity index (χ1n) is 8.09. The molecule has 0 bridgehead atoms. The fourth-order valence-corrected chi connectivity index (χ4v) is 3.11. The number of benzene rings is 2. The van der Waals surface area contributed by atoms with Gasteiger partial charge in [-0.05, 0) is 42.2 Å². The minimum atomic E-state index is -4.30. The van der Waals surface area contributed by atoms with Gasteiger partial charge in [0.15, 0.2) is 0 Å². The number of alkyl halides is 3. The predicted molar refractivity (Wildman–Crippen MR) is 87.0 cm³/mol. The third-order valence-corrected chi connectivity index (χ3v) is 4.73. The van der Waals surface area contributed by atoms with Crippen LogP contribution in [0, 0.1) is 0 Å². The number of fused-ring (bicyclic) bond motifs is 1. The van der Waals surface area contributed by atoms with Gasteiger partial charge in [-0.3, -0.25) is 0 Å². The molecule has 4 rings (SSSR count). The van der Waals surface area contributed by atoms with Gasteiger partial charge in [-0.25, -0.2) is 4.98 Å². The summed E-state index contributed by atoms with van der Waals surface area (Å²) in [6.45, 7) is 2.00. The van der Waals surface area contributed by atoms with E-state index in [9.17, 15) is 13.2 Å². The Morgan fingerprint density at radius 2 is 1.79 bits per heavy atom. The van der Waals surface area contributed by atoms with Crippen molar-refractivity contribution in [1.82, 2.24) is 9.97 Å². The molecule has 0 aliphatic heterocycles. The molecule has 3 aromatic rings. The van der Waals surface area contributed by atoms with E-state index < -0.39 is 11.7 Å². The lowest BCUT2D eigenvalue weighted by molar-refractivity contribution is -0.137. The molecule has 5 heteroatoms. The van der Waals surface area contributed by atoms with E-state index in [4.69, 9.17) is 4.98 Å². The molecule has 1 unspecified atom stereocenters. The van der Waals surface area contributed by atoms with Gasteiger partial charge in [-0.2, -0.15) is 13.2 Å². The topological polar surface area (TPSA) is 28.7 Å². The second-order valence-corrected chi connectivity index (χ2v) is 6.48. The van der Waals surface area contributed by atoms with Crippen LogP contribution in [0.2, 0.25) is 0 Å². The summed E-state index contributed by atoms with van der Waals surface area (Å²) in [4.78, 5) is 8.12. The Morgan fingerprint density at radius 3 is 2.42 bits per heavy atom. The second-order valence-electron chi connectivity index (χ2n) is 6.48. The van der Waals surface area contributed by atoms with Crippen LogP contribution in [-0.4, -0.2) is 9.97 Å². The highest BCUT2D eigenvalue weighted by molar-refractivity contribution is 5.80. The van der Waals surface area contributed by atoms with E-state index in [2.05, 4.69) is 4.98 Å². The summed E-state index contributed by atoms with van der Waals surface area (Å²) < 4.78 is 38.2. The molecular formula is C19H17F3N2. The Labute approximate surface area is 137 Å². The number of aromatic amines is 1. The SMILES string of the molecule is CC(c1ccc(C(F)(F)F)cc1)c1cccc2[nH]c(C3CC3)nc12. The average Bonchev–Trinajstić information content (AvgIpc) is 3.32. The van der Waals surface area contributed by atoms with Crippen LogP contribution in [0.15, 0.2) is 42.5 Å². The van der Waals surface area contributed by atoms with Crippen molar-refractivity contribution in [2.24, 2.45) is 0 Å². The summed E-state index contributed by atoms with van der Waals surface area (Å²) in [6.07, 6.45) is -1.96. The maximum Gasteiger partial charge on any atom is 0.416 e. The third kappa shape index (κ3) is 2.68. The minimum Gasteiger partial charge on any atom is -0.342 e. The normalized spacial score (nSPS) is 16.5. The van der Waals surface area contributed by atoms with E-state index in [1.165, 1.54) is 12.8 Å². The van der Waals surface area contributed by atoms with Crippen LogP contribution in [0.4, 0.5) is 13.2 Å². The molecule has 1 aliphatic carbocycles. The van der Waals surface area contributed by atoms with E-state index in [-0.39, 0.29) is 5.92 Å². The van der Waals surface area contributed by atoms with Crippen LogP contribution < -0.4 is 0 Å². The lowest BCUT2D eigenvalue weighted by Gasteiger charge is -2.14. The molecule has 0 radical (unpaired) electrons. The van der Waals surface area contributed by atoms with Crippen LogP contribution in [-0.2, 0) is 6.18 Å². The number of hydrogen-bond donors (Lipinski definition) is 1. The van der Waals surface area contributed by atoms with Crippen molar-refractivity contribution in [3.63, 3.8) is 0 Å². The number of hydrogen-bond acceptors (Lipinski definition) is 1. The number of rotatable bonds is 3. The van der Waals surface area contributed by atoms with Gasteiger partial charge in [-0.15, -0.1) is 0 Å². The molecule has 1 saturated carbocycles. The first kappa shape index (κ1) is 15.2. The van der Waals surface area contributed by atoms with Crippen molar-refractivity contribution < 1.29 is 13.2 Å². The zero-order valence-electron chi connectivity index (χ0n) is 13.2. The lowest BCUT2D eigenvalue weighted by Crippen LogP contribution is -2.05. The number of H-pyrrole nitrogens is 1. The van der Waals surface area contributed by atoms with Crippen molar-refractivity contribution in [3.05, 3.63) is 65.0 Å². The van der Waals surface area contributed by atoms with Crippen molar-refractivity contribution in [3.8, 4) is 0 Å². The van der Waals surface area contributed by atoms with Crippen molar-refractivity contribution >= 4 is 11.0 Å². The highest BCUT2D eigenvalue weighted by atomic mass is 19.4. The van der Waals surface area contributed by atoms with E-state index >= 15 is 0 Å². The molecule has 1 heterocycles. The molecule has 1 aliphatic rings. The molecule has 0 amide bonds. The molecule has 2 nitrogen and oxygen atoms in total. The predicted octanol–water partition coefficient (Wildman–Crippen LogP) is 5.61. The summed E-state index contributed by atoms with van der Waals surface area (Å²) in [5.41, 5.74) is 3.19. The highest BCUT2D eigenvalue weighted by Crippen LogP contribution is 2.40. The molecule has 0 spiro atoms. The number of halogens is 3. The standard InChI is InChI=1S/C19H17F3N2/c1-11(12-7-9-14(10-8-12)19(20,21)22)15-3-2-4-16-17(15)24-18(23-16)13-5-6-13/h2-4,7-11,13H,5-6H2,1H3,(H,23,24). The molecule has 1 atom stereocenters. The maximum atomic E-state index is 12.7. The van der Waals surface area contributed by atoms with Gasteiger partial charge in [0, 0.05) is 11.8 Å². The fourth-order valence-electron chi connectivity index (χ4n) is 3.11. The smallest absolute Gasteiger partial charge is 0.342 e. The van der Waals surface area contributed by atoms with Crippen molar-refractivity contribution in [2.75, 3.05) is 0 Å². The van der Waals surface area contributed by atoms with Gasteiger partial charge >= 0.3 is 6.18 Å². The number of para-hydroxylation sites is 1. The molecule has 0 saturated heterocycles. The van der Waals surface area contributed by atoms with Crippen LogP contribution in [0.3, 0.4) is 0 Å². The summed E-state index contributed by atoms with van der Waals surface area (Å²) >= 11 is 0. The van der Waals surface area contributed by atoms with Crippen LogP contribution in [0.25, 0.3) is 11.0 Å². The molecule has 1 aromatic heterocycles. The van der Waals surface area contributed by atoms with Gasteiger partial charge in [0.05, 0.1) is 16.6 Å². The molecule has 2 aromatic carbocycles. The molecule has 1 fully saturated rings. The van der Waals surface area contributed by atoms with E-state index in [1.807, 2.05) is 25.1 Å². The zero-order chi connectivity index (χ0) is 16.9. The first-order chi connectivity index (χ1) is 11.4. The average molecular weight is 330 g/mol. The largest absolute Gasteiger partial charge is 0.416 e. The second kappa shape index (κ2) is 5.36. The Morgan fingerprint density at radius 1 is 1.08 bits per heavy atom. The third-order valence-electron chi connectivity index (χ3n) is 4.73. The summed E-state index contributed by atoms with van der Waals surface area (Å²) in [5.74, 6) is 1.54. The van der Waals surface area contributed by atoms with E-state index in [0.717, 1.165) is 40.1 Å². The molecule has 24 heavy (non-hydrogen) atoms. The lowest BCUT2D eigenvalue weighted by atomic mass is 9.91. The first-order valence-corrected chi connectivity index (χ1v) is 8.09. The van der Waals surface area contributed by atoms with E-state index in [1.54, 1.807) is 12.1 Å². The van der Waals surface area contributed by atoms with Crippen LogP contribution in [0.5, 0.6) is 0 Å². The number of nitrogens with zero attached hydrogens (tertiary/aromatic N) is 1. The number of aromatic nitrogens is 2. The summed E-state index contributed by atoms with van der Waals surface area (Å²) in [7, 11) is 0. The molecule has 124 valence electrons. The van der Waals surface area contributed by atoms with E-state index in [0.29, 0.717) is 5.92 Å². The Balaban J connectivity index is 1.71. The van der Waals surface area contributed by atoms with Gasteiger partial charge in [-0.1, -0.05) is 31.2 Å². The molecular weight excluding hydrogens is 313 g/mol. The van der Waals surface area contributed by atoms with Crippen LogP contribution in [0.1, 0.15) is 54.1 Å². The van der Waals surface area contributed by atoms with Crippen molar-refractivity contribution in [1.29, 1.82) is 0 Å². The van der Waals surface area contributed by atoms with Gasteiger partial charge in [0.1, 0.15) is 5.82 Å². The number of imidazole rings is 1. The Hall–Kier alpha value is -2.30. The Kier molecular flexibility index (Phi) is 3.41. The Bertz CT molecular complexity index is 874. The maximum absolute atomic E-state index is 12.7. The number of nitrogens with one attached hydrogen (secondary N) is 1. The van der Waals surface area contributed by atoms with Crippen LogP contribution >= 0.6 is 0 Å². The zero-order valence-corrected chi connectivity index (χ0v) is 13.2. The van der Waals surface area contributed by atoms with Gasteiger partial charge in [0.2, 0.25) is 0 Å². The fraction of sp³-hybridized carbons (Fsp3) is 0.316. The van der Waals surface area contributed by atoms with Gasteiger partial charge in [0.25, 0.3) is 0 Å².